The lowest BCUT2D eigenvalue weighted by Crippen LogP contribution is -2.43. The highest BCUT2D eigenvalue weighted by atomic mass is 15.2. The van der Waals surface area contributed by atoms with E-state index < -0.39 is 0 Å². The Morgan fingerprint density at radius 1 is 1.33 bits per heavy atom. The first-order valence-electron chi connectivity index (χ1n) is 5.81. The molecule has 1 fully saturated rings. The summed E-state index contributed by atoms with van der Waals surface area (Å²) in [6.07, 6.45) is 2.64. The van der Waals surface area contributed by atoms with Gasteiger partial charge in [0.1, 0.15) is 0 Å². The molecule has 1 saturated heterocycles. The van der Waals surface area contributed by atoms with Crippen molar-refractivity contribution in [3.63, 3.8) is 0 Å². The Balaban J connectivity index is 1.88. The minimum atomic E-state index is 0.707. The third-order valence-corrected chi connectivity index (χ3v) is 3.17. The first kappa shape index (κ1) is 10.7. The predicted octanol–water partition coefficient (Wildman–Crippen LogP) is 1.87. The van der Waals surface area contributed by atoms with Gasteiger partial charge in [0.05, 0.1) is 0 Å². The predicted molar refractivity (Wildman–Crippen MR) is 63.8 cm³/mol. The second-order valence-corrected chi connectivity index (χ2v) is 4.40. The largest absolute Gasteiger partial charge is 0.315 e. The van der Waals surface area contributed by atoms with E-state index in [0.29, 0.717) is 6.04 Å². The van der Waals surface area contributed by atoms with Gasteiger partial charge in [0, 0.05) is 19.1 Å². The van der Waals surface area contributed by atoms with Gasteiger partial charge in [0.15, 0.2) is 0 Å². The monoisotopic (exact) mass is 204 g/mol. The Labute approximate surface area is 92.3 Å². The van der Waals surface area contributed by atoms with Crippen molar-refractivity contribution >= 4 is 0 Å². The highest BCUT2D eigenvalue weighted by Crippen LogP contribution is 2.11. The SMILES string of the molecule is CN(Cc1ccccc1)[C@H]1CCCNC1. The van der Waals surface area contributed by atoms with Crippen molar-refractivity contribution in [3.05, 3.63) is 35.9 Å². The molecule has 0 aromatic heterocycles. The molecule has 1 aromatic carbocycles. The van der Waals surface area contributed by atoms with E-state index in [4.69, 9.17) is 0 Å². The summed E-state index contributed by atoms with van der Waals surface area (Å²) in [5.74, 6) is 0. The fraction of sp³-hybridized carbons (Fsp3) is 0.538. The lowest BCUT2D eigenvalue weighted by atomic mass is 10.1. The molecule has 0 amide bonds. The number of piperidine rings is 1. The summed E-state index contributed by atoms with van der Waals surface area (Å²) >= 11 is 0. The van der Waals surface area contributed by atoms with Crippen LogP contribution in [0.5, 0.6) is 0 Å². The standard InChI is InChI=1S/C13H20N2/c1-15(13-8-5-9-14-10-13)11-12-6-3-2-4-7-12/h2-4,6-7,13-14H,5,8-11H2,1H3/t13-/m0/s1. The molecule has 1 aliphatic heterocycles. The van der Waals surface area contributed by atoms with Crippen molar-refractivity contribution in [2.24, 2.45) is 0 Å². The third-order valence-electron chi connectivity index (χ3n) is 3.17. The van der Waals surface area contributed by atoms with Crippen molar-refractivity contribution < 1.29 is 0 Å². The summed E-state index contributed by atoms with van der Waals surface area (Å²) in [6, 6.07) is 11.4. The summed E-state index contributed by atoms with van der Waals surface area (Å²) < 4.78 is 0. The highest BCUT2D eigenvalue weighted by molar-refractivity contribution is 5.14. The normalized spacial score (nSPS) is 21.9. The molecule has 2 rings (SSSR count). The van der Waals surface area contributed by atoms with Gasteiger partial charge in [-0.3, -0.25) is 4.90 Å². The molecule has 0 saturated carbocycles. The zero-order valence-corrected chi connectivity index (χ0v) is 9.45. The molecule has 0 unspecified atom stereocenters. The number of rotatable bonds is 3. The second kappa shape index (κ2) is 5.29. The van der Waals surface area contributed by atoms with Crippen LogP contribution >= 0.6 is 0 Å². The molecule has 0 spiro atoms. The first-order chi connectivity index (χ1) is 7.36. The van der Waals surface area contributed by atoms with Crippen LogP contribution in [-0.4, -0.2) is 31.1 Å². The van der Waals surface area contributed by atoms with E-state index in [2.05, 4.69) is 47.6 Å². The lowest BCUT2D eigenvalue weighted by molar-refractivity contribution is 0.196. The van der Waals surface area contributed by atoms with E-state index in [1.165, 1.54) is 24.9 Å². The molecule has 82 valence electrons. The molecule has 1 N–H and O–H groups in total. The van der Waals surface area contributed by atoms with Crippen molar-refractivity contribution in [2.45, 2.75) is 25.4 Å². The number of hydrogen-bond acceptors (Lipinski definition) is 2. The van der Waals surface area contributed by atoms with Gasteiger partial charge in [-0.05, 0) is 32.0 Å². The second-order valence-electron chi connectivity index (χ2n) is 4.40. The van der Waals surface area contributed by atoms with E-state index in [9.17, 15) is 0 Å². The van der Waals surface area contributed by atoms with Gasteiger partial charge in [-0.1, -0.05) is 30.3 Å². The molecular weight excluding hydrogens is 184 g/mol. The van der Waals surface area contributed by atoms with Gasteiger partial charge in [-0.15, -0.1) is 0 Å². The van der Waals surface area contributed by atoms with E-state index in [1.807, 2.05) is 0 Å². The molecule has 1 atom stereocenters. The minimum Gasteiger partial charge on any atom is -0.315 e. The average Bonchev–Trinajstić information content (AvgIpc) is 2.31. The minimum absolute atomic E-state index is 0.707. The van der Waals surface area contributed by atoms with E-state index >= 15 is 0 Å². The Morgan fingerprint density at radius 3 is 2.80 bits per heavy atom. The smallest absolute Gasteiger partial charge is 0.0234 e. The quantitative estimate of drug-likeness (QED) is 0.808. The van der Waals surface area contributed by atoms with Crippen molar-refractivity contribution in [1.82, 2.24) is 10.2 Å². The fourth-order valence-corrected chi connectivity index (χ4v) is 2.21. The fourth-order valence-electron chi connectivity index (χ4n) is 2.21. The molecule has 1 aliphatic rings. The van der Waals surface area contributed by atoms with Crippen LogP contribution in [0.3, 0.4) is 0 Å². The molecule has 1 heterocycles. The summed E-state index contributed by atoms with van der Waals surface area (Å²) in [7, 11) is 2.23. The molecule has 1 aromatic rings. The summed E-state index contributed by atoms with van der Waals surface area (Å²) in [5, 5.41) is 3.46. The van der Waals surface area contributed by atoms with Gasteiger partial charge in [-0.25, -0.2) is 0 Å². The van der Waals surface area contributed by atoms with E-state index in [-0.39, 0.29) is 0 Å². The van der Waals surface area contributed by atoms with Crippen LogP contribution in [0.1, 0.15) is 18.4 Å². The third kappa shape index (κ3) is 3.05. The zero-order valence-electron chi connectivity index (χ0n) is 9.45. The van der Waals surface area contributed by atoms with Crippen LogP contribution in [0.25, 0.3) is 0 Å². The van der Waals surface area contributed by atoms with Gasteiger partial charge in [-0.2, -0.15) is 0 Å². The summed E-state index contributed by atoms with van der Waals surface area (Å²) in [6.45, 7) is 3.40. The lowest BCUT2D eigenvalue weighted by Gasteiger charge is -2.31. The van der Waals surface area contributed by atoms with Crippen LogP contribution < -0.4 is 5.32 Å². The van der Waals surface area contributed by atoms with E-state index in [1.54, 1.807) is 0 Å². The van der Waals surface area contributed by atoms with Crippen LogP contribution in [0.4, 0.5) is 0 Å². The maximum Gasteiger partial charge on any atom is 0.0234 e. The number of hydrogen-bond donors (Lipinski definition) is 1. The molecule has 2 nitrogen and oxygen atoms in total. The number of likely N-dealkylation sites (N-methyl/N-ethyl adjacent to an activating group) is 1. The molecule has 15 heavy (non-hydrogen) atoms. The van der Waals surface area contributed by atoms with Gasteiger partial charge < -0.3 is 5.32 Å². The number of nitrogens with one attached hydrogen (secondary N) is 1. The average molecular weight is 204 g/mol. The van der Waals surface area contributed by atoms with Crippen molar-refractivity contribution in [3.8, 4) is 0 Å². The molecule has 2 heteroatoms. The maximum atomic E-state index is 3.46. The maximum absolute atomic E-state index is 3.46. The Morgan fingerprint density at radius 2 is 2.13 bits per heavy atom. The summed E-state index contributed by atoms with van der Waals surface area (Å²) in [5.41, 5.74) is 1.41. The van der Waals surface area contributed by atoms with Crippen LogP contribution in [0.2, 0.25) is 0 Å². The van der Waals surface area contributed by atoms with E-state index in [0.717, 1.165) is 13.1 Å². The summed E-state index contributed by atoms with van der Waals surface area (Å²) in [4.78, 5) is 2.46. The number of nitrogens with zero attached hydrogens (tertiary/aromatic N) is 1. The van der Waals surface area contributed by atoms with Crippen molar-refractivity contribution in [1.29, 1.82) is 0 Å². The van der Waals surface area contributed by atoms with Crippen LogP contribution in [-0.2, 0) is 6.54 Å². The van der Waals surface area contributed by atoms with Crippen molar-refractivity contribution in [2.75, 3.05) is 20.1 Å². The molecule has 0 bridgehead atoms. The Hall–Kier alpha value is -0.860. The van der Waals surface area contributed by atoms with Crippen LogP contribution in [0, 0.1) is 0 Å². The first-order valence-corrected chi connectivity index (χ1v) is 5.81. The molecular formula is C13H20N2. The van der Waals surface area contributed by atoms with Gasteiger partial charge >= 0.3 is 0 Å². The highest BCUT2D eigenvalue weighted by Gasteiger charge is 2.17. The molecule has 0 radical (unpaired) electrons. The van der Waals surface area contributed by atoms with Crippen LogP contribution in [0.15, 0.2) is 30.3 Å². The Kier molecular flexibility index (Phi) is 3.75. The Bertz CT molecular complexity index is 278. The topological polar surface area (TPSA) is 15.3 Å². The van der Waals surface area contributed by atoms with Gasteiger partial charge in [0.25, 0.3) is 0 Å². The zero-order chi connectivity index (χ0) is 10.5. The number of benzene rings is 1. The van der Waals surface area contributed by atoms with Gasteiger partial charge in [0.2, 0.25) is 0 Å². The molecule has 0 aliphatic carbocycles.